The van der Waals surface area contributed by atoms with Gasteiger partial charge in [0.1, 0.15) is 5.02 Å². The van der Waals surface area contributed by atoms with Gasteiger partial charge in [-0.15, -0.1) is 0 Å². The second-order valence-electron chi connectivity index (χ2n) is 6.05. The van der Waals surface area contributed by atoms with Crippen molar-refractivity contribution in [3.8, 4) is 0 Å². The number of piperazine rings is 1. The zero-order valence-electron chi connectivity index (χ0n) is 13.7. The van der Waals surface area contributed by atoms with Gasteiger partial charge in [0.2, 0.25) is 0 Å². The molecule has 0 unspecified atom stereocenters. The Hall–Kier alpha value is -2.34. The van der Waals surface area contributed by atoms with Crippen molar-refractivity contribution in [1.82, 2.24) is 15.1 Å². The molecule has 0 radical (unpaired) electrons. The molecule has 2 aromatic rings. The van der Waals surface area contributed by atoms with E-state index in [4.69, 9.17) is 11.6 Å². The SMILES string of the molecule is Cc1cc(C)cc(C(=O)N2CCN(c3cn[nH]c(=O)c3Cl)CC2)c1. The molecule has 0 spiro atoms. The summed E-state index contributed by atoms with van der Waals surface area (Å²) in [7, 11) is 0. The predicted octanol–water partition coefficient (Wildman–Crippen LogP) is 2.00. The first kappa shape index (κ1) is 16.5. The van der Waals surface area contributed by atoms with Crippen molar-refractivity contribution >= 4 is 23.2 Å². The van der Waals surface area contributed by atoms with E-state index in [9.17, 15) is 9.59 Å². The molecule has 1 aliphatic rings. The van der Waals surface area contributed by atoms with E-state index in [0.29, 0.717) is 31.9 Å². The number of nitrogens with zero attached hydrogens (tertiary/aromatic N) is 3. The Balaban J connectivity index is 1.72. The van der Waals surface area contributed by atoms with Gasteiger partial charge in [-0.2, -0.15) is 5.10 Å². The van der Waals surface area contributed by atoms with Crippen molar-refractivity contribution < 1.29 is 4.79 Å². The summed E-state index contributed by atoms with van der Waals surface area (Å²) in [6.07, 6.45) is 1.55. The molecular weight excluding hydrogens is 328 g/mol. The zero-order valence-corrected chi connectivity index (χ0v) is 14.4. The van der Waals surface area contributed by atoms with E-state index in [0.717, 1.165) is 16.7 Å². The summed E-state index contributed by atoms with van der Waals surface area (Å²) in [6, 6.07) is 5.88. The Bertz CT molecular complexity index is 805. The number of rotatable bonds is 2. The Morgan fingerprint density at radius 3 is 2.38 bits per heavy atom. The Labute approximate surface area is 145 Å². The highest BCUT2D eigenvalue weighted by Crippen LogP contribution is 2.22. The van der Waals surface area contributed by atoms with Crippen LogP contribution in [-0.2, 0) is 0 Å². The van der Waals surface area contributed by atoms with Crippen molar-refractivity contribution in [2.24, 2.45) is 0 Å². The van der Waals surface area contributed by atoms with Crippen molar-refractivity contribution in [1.29, 1.82) is 0 Å². The van der Waals surface area contributed by atoms with Crippen LogP contribution in [0.3, 0.4) is 0 Å². The summed E-state index contributed by atoms with van der Waals surface area (Å²) in [5.74, 6) is 0.0385. The van der Waals surface area contributed by atoms with Crippen LogP contribution < -0.4 is 10.5 Å². The Morgan fingerprint density at radius 1 is 1.12 bits per heavy atom. The van der Waals surface area contributed by atoms with Gasteiger partial charge < -0.3 is 9.80 Å². The molecule has 7 heteroatoms. The number of aromatic nitrogens is 2. The number of aromatic amines is 1. The standard InChI is InChI=1S/C17H19ClN4O2/c1-11-7-12(2)9-13(8-11)17(24)22-5-3-21(4-6-22)14-10-19-20-16(23)15(14)18/h7-10H,3-6H2,1-2H3,(H,20,23). The fourth-order valence-electron chi connectivity index (χ4n) is 3.03. The molecule has 0 aliphatic carbocycles. The molecule has 0 bridgehead atoms. The Kier molecular flexibility index (Phi) is 4.57. The highest BCUT2D eigenvalue weighted by atomic mass is 35.5. The molecule has 1 amide bonds. The van der Waals surface area contributed by atoms with Crippen LogP contribution in [0.1, 0.15) is 21.5 Å². The lowest BCUT2D eigenvalue weighted by Crippen LogP contribution is -2.49. The van der Waals surface area contributed by atoms with Gasteiger partial charge in [-0.25, -0.2) is 5.10 Å². The predicted molar refractivity (Wildman–Crippen MR) is 93.9 cm³/mol. The summed E-state index contributed by atoms with van der Waals surface area (Å²) < 4.78 is 0. The van der Waals surface area contributed by atoms with E-state index in [1.54, 1.807) is 6.20 Å². The third-order valence-corrected chi connectivity index (χ3v) is 4.52. The summed E-state index contributed by atoms with van der Waals surface area (Å²) >= 11 is 6.05. The number of nitrogens with one attached hydrogen (secondary N) is 1. The molecule has 1 fully saturated rings. The van der Waals surface area contributed by atoms with Gasteiger partial charge in [0.05, 0.1) is 11.9 Å². The monoisotopic (exact) mass is 346 g/mol. The van der Waals surface area contributed by atoms with Crippen LogP contribution >= 0.6 is 11.6 Å². The number of benzene rings is 1. The second kappa shape index (κ2) is 6.65. The van der Waals surface area contributed by atoms with Crippen molar-refractivity contribution in [3.63, 3.8) is 0 Å². The maximum Gasteiger partial charge on any atom is 0.285 e. The van der Waals surface area contributed by atoms with Gasteiger partial charge in [-0.05, 0) is 26.0 Å². The van der Waals surface area contributed by atoms with Gasteiger partial charge in [-0.1, -0.05) is 28.8 Å². The topological polar surface area (TPSA) is 69.3 Å². The molecule has 3 rings (SSSR count). The first-order valence-electron chi connectivity index (χ1n) is 7.81. The average molecular weight is 347 g/mol. The van der Waals surface area contributed by atoms with Crippen molar-refractivity contribution in [2.45, 2.75) is 13.8 Å². The Morgan fingerprint density at radius 2 is 1.75 bits per heavy atom. The molecule has 6 nitrogen and oxygen atoms in total. The van der Waals surface area contributed by atoms with Gasteiger partial charge >= 0.3 is 0 Å². The van der Waals surface area contributed by atoms with E-state index in [1.807, 2.05) is 35.8 Å². The third kappa shape index (κ3) is 3.28. The molecule has 126 valence electrons. The van der Waals surface area contributed by atoms with E-state index >= 15 is 0 Å². The minimum Gasteiger partial charge on any atom is -0.365 e. The van der Waals surface area contributed by atoms with Crippen LogP contribution in [0.25, 0.3) is 0 Å². The van der Waals surface area contributed by atoms with Gasteiger partial charge in [0.25, 0.3) is 11.5 Å². The molecule has 1 N–H and O–H groups in total. The highest BCUT2D eigenvalue weighted by molar-refractivity contribution is 6.33. The molecule has 0 saturated carbocycles. The first-order valence-corrected chi connectivity index (χ1v) is 8.19. The lowest BCUT2D eigenvalue weighted by atomic mass is 10.1. The van der Waals surface area contributed by atoms with Gasteiger partial charge in [0.15, 0.2) is 0 Å². The van der Waals surface area contributed by atoms with Crippen LogP contribution in [0.2, 0.25) is 5.02 Å². The maximum absolute atomic E-state index is 12.7. The fraction of sp³-hybridized carbons (Fsp3) is 0.353. The quantitative estimate of drug-likeness (QED) is 0.903. The number of hydrogen-bond acceptors (Lipinski definition) is 4. The second-order valence-corrected chi connectivity index (χ2v) is 6.43. The lowest BCUT2D eigenvalue weighted by molar-refractivity contribution is 0.0746. The molecule has 1 aromatic heterocycles. The maximum atomic E-state index is 12.7. The minimum absolute atomic E-state index is 0.0385. The molecule has 1 aromatic carbocycles. The molecule has 0 atom stereocenters. The smallest absolute Gasteiger partial charge is 0.285 e. The molecular formula is C17H19ClN4O2. The average Bonchev–Trinajstić information content (AvgIpc) is 2.56. The number of halogens is 1. The summed E-state index contributed by atoms with van der Waals surface area (Å²) in [5, 5.41) is 6.24. The molecule has 1 saturated heterocycles. The molecule has 24 heavy (non-hydrogen) atoms. The minimum atomic E-state index is -0.400. The van der Waals surface area contributed by atoms with E-state index in [2.05, 4.69) is 16.3 Å². The number of amides is 1. The van der Waals surface area contributed by atoms with Gasteiger partial charge in [0, 0.05) is 31.7 Å². The highest BCUT2D eigenvalue weighted by Gasteiger charge is 2.24. The number of hydrogen-bond donors (Lipinski definition) is 1. The number of carbonyl (C=O) groups excluding carboxylic acids is 1. The van der Waals surface area contributed by atoms with Crippen LogP contribution in [0.5, 0.6) is 0 Å². The number of anilines is 1. The van der Waals surface area contributed by atoms with Crippen LogP contribution in [0, 0.1) is 13.8 Å². The van der Waals surface area contributed by atoms with Crippen molar-refractivity contribution in [2.75, 3.05) is 31.1 Å². The normalized spacial score (nSPS) is 14.8. The summed E-state index contributed by atoms with van der Waals surface area (Å²) in [4.78, 5) is 28.1. The molecule has 1 aliphatic heterocycles. The van der Waals surface area contributed by atoms with E-state index in [-0.39, 0.29) is 10.9 Å². The number of carbonyl (C=O) groups is 1. The van der Waals surface area contributed by atoms with Gasteiger partial charge in [-0.3, -0.25) is 9.59 Å². The summed E-state index contributed by atoms with van der Waals surface area (Å²) in [5.41, 5.74) is 3.09. The fourth-order valence-corrected chi connectivity index (χ4v) is 3.24. The van der Waals surface area contributed by atoms with Crippen LogP contribution in [0.15, 0.2) is 29.2 Å². The third-order valence-electron chi connectivity index (χ3n) is 4.15. The van der Waals surface area contributed by atoms with E-state index in [1.165, 1.54) is 0 Å². The lowest BCUT2D eigenvalue weighted by Gasteiger charge is -2.36. The van der Waals surface area contributed by atoms with Crippen LogP contribution in [0.4, 0.5) is 5.69 Å². The number of aryl methyl sites for hydroxylation is 2. The van der Waals surface area contributed by atoms with E-state index < -0.39 is 5.56 Å². The zero-order chi connectivity index (χ0) is 17.3. The van der Waals surface area contributed by atoms with Crippen molar-refractivity contribution in [3.05, 3.63) is 56.5 Å². The first-order chi connectivity index (χ1) is 11.5. The number of H-pyrrole nitrogens is 1. The molecule has 2 heterocycles. The summed E-state index contributed by atoms with van der Waals surface area (Å²) in [6.45, 7) is 6.36. The largest absolute Gasteiger partial charge is 0.365 e. The van der Waals surface area contributed by atoms with Crippen LogP contribution in [-0.4, -0.2) is 47.2 Å².